The Labute approximate surface area is 143 Å². The van der Waals surface area contributed by atoms with Crippen LogP contribution in [0, 0.1) is 6.92 Å². The van der Waals surface area contributed by atoms with Gasteiger partial charge in [-0.2, -0.15) is 0 Å². The molecule has 24 heavy (non-hydrogen) atoms. The number of ether oxygens (including phenoxy) is 2. The smallest absolute Gasteiger partial charge is 0.251 e. The van der Waals surface area contributed by atoms with Gasteiger partial charge in [0.2, 0.25) is 0 Å². The van der Waals surface area contributed by atoms with E-state index in [2.05, 4.69) is 10.3 Å². The lowest BCUT2D eigenvalue weighted by molar-refractivity contribution is 0.0954. The van der Waals surface area contributed by atoms with Crippen LogP contribution in [0.15, 0.2) is 36.5 Å². The number of aryl methyl sites for hydroxylation is 1. The van der Waals surface area contributed by atoms with Gasteiger partial charge in [0.05, 0.1) is 13.2 Å². The summed E-state index contributed by atoms with van der Waals surface area (Å²) in [5.74, 6) is 1.41. The number of carbonyl (C=O) groups excluding carboxylic acids is 1. The van der Waals surface area contributed by atoms with E-state index >= 15 is 0 Å². The Morgan fingerprint density at radius 1 is 1.08 bits per heavy atom. The lowest BCUT2D eigenvalue weighted by atomic mass is 10.1. The normalized spacial score (nSPS) is 10.3. The van der Waals surface area contributed by atoms with Crippen LogP contribution in [0.5, 0.6) is 11.5 Å². The molecule has 0 atom stereocenters. The highest BCUT2D eigenvalue weighted by Crippen LogP contribution is 2.28. The first kappa shape index (κ1) is 17.8. The molecular weight excluding hydrogens is 304 g/mol. The molecule has 0 fully saturated rings. The summed E-state index contributed by atoms with van der Waals surface area (Å²) in [4.78, 5) is 16.2. The molecule has 1 amide bonds. The second-order valence-corrected chi connectivity index (χ2v) is 5.34. The zero-order valence-electron chi connectivity index (χ0n) is 14.5. The molecular formula is C19H24N2O3. The monoisotopic (exact) mass is 328 g/mol. The molecule has 0 saturated carbocycles. The summed E-state index contributed by atoms with van der Waals surface area (Å²) in [5.41, 5.74) is 2.55. The number of benzene rings is 1. The third-order valence-corrected chi connectivity index (χ3v) is 3.47. The maximum absolute atomic E-state index is 12.1. The molecule has 0 saturated heterocycles. The number of hydrogen-bond donors (Lipinski definition) is 1. The summed E-state index contributed by atoms with van der Waals surface area (Å²) in [6.07, 6.45) is 2.37. The molecule has 2 rings (SSSR count). The highest BCUT2D eigenvalue weighted by molar-refractivity contribution is 5.94. The highest BCUT2D eigenvalue weighted by Gasteiger charge is 2.08. The molecule has 0 aliphatic heterocycles. The summed E-state index contributed by atoms with van der Waals surface area (Å²) < 4.78 is 11.2. The highest BCUT2D eigenvalue weighted by atomic mass is 16.5. The fraction of sp³-hybridized carbons (Fsp3) is 0.368. The van der Waals surface area contributed by atoms with E-state index in [9.17, 15) is 4.79 Å². The van der Waals surface area contributed by atoms with Crippen LogP contribution in [-0.2, 0) is 6.42 Å². The van der Waals surface area contributed by atoms with Gasteiger partial charge in [-0.1, -0.05) is 6.07 Å². The average molecular weight is 328 g/mol. The van der Waals surface area contributed by atoms with Gasteiger partial charge in [0.15, 0.2) is 11.5 Å². The van der Waals surface area contributed by atoms with Gasteiger partial charge < -0.3 is 14.8 Å². The summed E-state index contributed by atoms with van der Waals surface area (Å²) in [6.45, 7) is 7.49. The van der Waals surface area contributed by atoms with Gasteiger partial charge in [0.1, 0.15) is 0 Å². The standard InChI is InChI=1S/C19H24N2O3/c1-4-23-17-7-6-15(13-18(17)24-5-2)8-10-21-19(22)16-9-11-20-14(3)12-16/h6-7,9,11-13H,4-5,8,10H2,1-3H3,(H,21,22). The van der Waals surface area contributed by atoms with Crippen LogP contribution < -0.4 is 14.8 Å². The molecule has 0 bridgehead atoms. The maximum Gasteiger partial charge on any atom is 0.251 e. The SMILES string of the molecule is CCOc1ccc(CCNC(=O)c2ccnc(C)c2)cc1OCC. The van der Waals surface area contributed by atoms with E-state index in [1.54, 1.807) is 18.3 Å². The Kier molecular flexibility index (Phi) is 6.61. The second-order valence-electron chi connectivity index (χ2n) is 5.34. The van der Waals surface area contributed by atoms with Crippen molar-refractivity contribution in [3.05, 3.63) is 53.3 Å². The largest absolute Gasteiger partial charge is 0.490 e. The number of carbonyl (C=O) groups is 1. The summed E-state index contributed by atoms with van der Waals surface area (Å²) in [6, 6.07) is 9.37. The molecule has 0 aliphatic carbocycles. The Morgan fingerprint density at radius 3 is 2.54 bits per heavy atom. The van der Waals surface area contributed by atoms with Gasteiger partial charge in [-0.15, -0.1) is 0 Å². The van der Waals surface area contributed by atoms with Crippen molar-refractivity contribution in [2.45, 2.75) is 27.2 Å². The van der Waals surface area contributed by atoms with Crippen molar-refractivity contribution < 1.29 is 14.3 Å². The zero-order chi connectivity index (χ0) is 17.4. The van der Waals surface area contributed by atoms with Crippen LogP contribution in [0.1, 0.15) is 35.5 Å². The third kappa shape index (κ3) is 4.98. The molecule has 5 heteroatoms. The van der Waals surface area contributed by atoms with E-state index in [-0.39, 0.29) is 5.91 Å². The van der Waals surface area contributed by atoms with Crippen LogP contribution in [-0.4, -0.2) is 30.6 Å². The van der Waals surface area contributed by atoms with E-state index < -0.39 is 0 Å². The Morgan fingerprint density at radius 2 is 1.83 bits per heavy atom. The van der Waals surface area contributed by atoms with Gasteiger partial charge >= 0.3 is 0 Å². The number of amides is 1. The first-order chi connectivity index (χ1) is 11.6. The molecule has 0 aliphatic rings. The number of pyridine rings is 1. The topological polar surface area (TPSA) is 60.5 Å². The number of nitrogens with one attached hydrogen (secondary N) is 1. The van der Waals surface area contributed by atoms with Crippen molar-refractivity contribution >= 4 is 5.91 Å². The summed E-state index contributed by atoms with van der Waals surface area (Å²) >= 11 is 0. The molecule has 0 radical (unpaired) electrons. The lowest BCUT2D eigenvalue weighted by Gasteiger charge is -2.12. The van der Waals surface area contributed by atoms with Crippen molar-refractivity contribution in [1.29, 1.82) is 0 Å². The van der Waals surface area contributed by atoms with Crippen molar-refractivity contribution in [1.82, 2.24) is 10.3 Å². The summed E-state index contributed by atoms with van der Waals surface area (Å²) in [7, 11) is 0. The van der Waals surface area contributed by atoms with E-state index in [0.29, 0.717) is 25.3 Å². The van der Waals surface area contributed by atoms with Crippen LogP contribution in [0.25, 0.3) is 0 Å². The first-order valence-corrected chi connectivity index (χ1v) is 8.23. The van der Waals surface area contributed by atoms with Crippen molar-refractivity contribution in [3.63, 3.8) is 0 Å². The molecule has 0 spiro atoms. The van der Waals surface area contributed by atoms with Crippen molar-refractivity contribution in [2.75, 3.05) is 19.8 Å². The number of nitrogens with zero attached hydrogens (tertiary/aromatic N) is 1. The van der Waals surface area contributed by atoms with Gasteiger partial charge in [-0.25, -0.2) is 0 Å². The minimum Gasteiger partial charge on any atom is -0.490 e. The fourth-order valence-corrected chi connectivity index (χ4v) is 2.36. The van der Waals surface area contributed by atoms with Crippen LogP contribution in [0.4, 0.5) is 0 Å². The quantitative estimate of drug-likeness (QED) is 0.808. The molecule has 128 valence electrons. The molecule has 0 unspecified atom stereocenters. The average Bonchev–Trinajstić information content (AvgIpc) is 2.57. The van der Waals surface area contributed by atoms with E-state index in [1.165, 1.54) is 0 Å². The Hall–Kier alpha value is -2.56. The molecule has 1 aromatic carbocycles. The minimum absolute atomic E-state index is 0.0866. The summed E-state index contributed by atoms with van der Waals surface area (Å²) in [5, 5.41) is 2.93. The number of rotatable bonds is 8. The molecule has 1 heterocycles. The molecule has 2 aromatic rings. The van der Waals surface area contributed by atoms with E-state index in [0.717, 1.165) is 29.2 Å². The minimum atomic E-state index is -0.0866. The lowest BCUT2D eigenvalue weighted by Crippen LogP contribution is -2.25. The molecule has 1 N–H and O–H groups in total. The molecule has 5 nitrogen and oxygen atoms in total. The second kappa shape index (κ2) is 8.91. The first-order valence-electron chi connectivity index (χ1n) is 8.23. The third-order valence-electron chi connectivity index (χ3n) is 3.47. The Balaban J connectivity index is 1.94. The number of aromatic nitrogens is 1. The van der Waals surface area contributed by atoms with Gasteiger partial charge in [-0.05, 0) is 57.0 Å². The van der Waals surface area contributed by atoms with Crippen LogP contribution in [0.2, 0.25) is 0 Å². The van der Waals surface area contributed by atoms with Crippen molar-refractivity contribution in [2.24, 2.45) is 0 Å². The van der Waals surface area contributed by atoms with E-state index in [1.807, 2.05) is 39.0 Å². The van der Waals surface area contributed by atoms with Gasteiger partial charge in [-0.3, -0.25) is 9.78 Å². The van der Waals surface area contributed by atoms with Gasteiger partial charge in [0.25, 0.3) is 5.91 Å². The molecule has 1 aromatic heterocycles. The van der Waals surface area contributed by atoms with E-state index in [4.69, 9.17) is 9.47 Å². The van der Waals surface area contributed by atoms with Gasteiger partial charge in [0, 0.05) is 24.0 Å². The fourth-order valence-electron chi connectivity index (χ4n) is 2.36. The zero-order valence-corrected chi connectivity index (χ0v) is 14.5. The van der Waals surface area contributed by atoms with Crippen LogP contribution >= 0.6 is 0 Å². The maximum atomic E-state index is 12.1. The predicted molar refractivity (Wildman–Crippen MR) is 93.8 cm³/mol. The Bertz CT molecular complexity index is 686. The van der Waals surface area contributed by atoms with Crippen LogP contribution in [0.3, 0.4) is 0 Å². The van der Waals surface area contributed by atoms with Crippen molar-refractivity contribution in [3.8, 4) is 11.5 Å². The predicted octanol–water partition coefficient (Wildman–Crippen LogP) is 3.16. The number of hydrogen-bond acceptors (Lipinski definition) is 4.